The van der Waals surface area contributed by atoms with E-state index in [1.807, 2.05) is 12.1 Å². The Kier molecular flexibility index (Phi) is 10.5. The van der Waals surface area contributed by atoms with Crippen molar-refractivity contribution in [2.45, 2.75) is 25.7 Å². The molecule has 0 saturated carbocycles. The summed E-state index contributed by atoms with van der Waals surface area (Å²) in [6, 6.07) is 8.26. The zero-order valence-corrected chi connectivity index (χ0v) is 19.4. The van der Waals surface area contributed by atoms with E-state index in [0.717, 1.165) is 54.0 Å². The molecule has 0 spiro atoms. The Morgan fingerprint density at radius 3 is 1.88 bits per heavy atom. The topological polar surface area (TPSA) is 72.5 Å². The Balaban J connectivity index is 1.55. The fourth-order valence-electron chi connectivity index (χ4n) is 3.95. The lowest BCUT2D eigenvalue weighted by Crippen LogP contribution is -2.15. The van der Waals surface area contributed by atoms with E-state index in [0.29, 0.717) is 46.2 Å². The number of methoxy groups -OCH3 is 1. The largest absolute Gasteiger partial charge is 0.490 e. The zero-order chi connectivity index (χ0) is 23.3. The van der Waals surface area contributed by atoms with E-state index in [9.17, 15) is 4.79 Å². The molecule has 0 aliphatic heterocycles. The lowest BCUT2D eigenvalue weighted by molar-refractivity contribution is -0.139. The number of hydrogen-bond donors (Lipinski definition) is 0. The van der Waals surface area contributed by atoms with Crippen molar-refractivity contribution < 1.29 is 33.2 Å². The van der Waals surface area contributed by atoms with E-state index in [2.05, 4.69) is 18.7 Å². The van der Waals surface area contributed by atoms with E-state index in [1.165, 1.54) is 11.1 Å². The number of rotatable bonds is 15. The highest BCUT2D eigenvalue weighted by atomic mass is 16.6. The van der Waals surface area contributed by atoms with Gasteiger partial charge in [0.1, 0.15) is 31.3 Å². The first-order valence-corrected chi connectivity index (χ1v) is 11.5. The maximum absolute atomic E-state index is 10.9. The zero-order valence-electron chi connectivity index (χ0n) is 19.4. The van der Waals surface area contributed by atoms with Crippen molar-refractivity contribution in [3.8, 4) is 11.5 Å². The smallest absolute Gasteiger partial charge is 0.330 e. The second kappa shape index (κ2) is 13.8. The maximum atomic E-state index is 10.9. The normalized spacial score (nSPS) is 12.9. The fraction of sp³-hybridized carbons (Fsp3) is 0.500. The molecule has 1 aliphatic rings. The minimum Gasteiger partial charge on any atom is -0.490 e. The van der Waals surface area contributed by atoms with Crippen LogP contribution < -0.4 is 9.47 Å². The van der Waals surface area contributed by atoms with Crippen LogP contribution in [0.2, 0.25) is 0 Å². The summed E-state index contributed by atoms with van der Waals surface area (Å²) in [7, 11) is 1.68. The highest BCUT2D eigenvalue weighted by Gasteiger charge is 2.23. The molecule has 0 aromatic heterocycles. The Morgan fingerprint density at radius 2 is 1.33 bits per heavy atom. The Labute approximate surface area is 195 Å². The molecule has 2 aromatic rings. The number of carbonyl (C=O) groups is 1. The van der Waals surface area contributed by atoms with Gasteiger partial charge in [-0.3, -0.25) is 0 Å². The summed E-state index contributed by atoms with van der Waals surface area (Å²) in [6.07, 6.45) is 5.41. The fourth-order valence-corrected chi connectivity index (χ4v) is 3.95. The molecule has 0 saturated heterocycles. The van der Waals surface area contributed by atoms with Gasteiger partial charge in [-0.2, -0.15) is 0 Å². The van der Waals surface area contributed by atoms with Crippen LogP contribution in [0.25, 0.3) is 10.8 Å². The number of esters is 1. The molecular formula is C26H34O7. The molecule has 180 valence electrons. The van der Waals surface area contributed by atoms with Crippen LogP contribution in [0, 0.1) is 0 Å². The van der Waals surface area contributed by atoms with Gasteiger partial charge in [0, 0.05) is 35.1 Å². The van der Waals surface area contributed by atoms with Gasteiger partial charge in [0.25, 0.3) is 0 Å². The summed E-state index contributed by atoms with van der Waals surface area (Å²) in [5.74, 6) is 1.47. The number of ether oxygens (including phenoxy) is 6. The van der Waals surface area contributed by atoms with Gasteiger partial charge in [0.2, 0.25) is 0 Å². The minimum absolute atomic E-state index is 0.206. The van der Waals surface area contributed by atoms with Crippen molar-refractivity contribution in [1.82, 2.24) is 0 Å². The van der Waals surface area contributed by atoms with Gasteiger partial charge in [-0.1, -0.05) is 30.8 Å². The first-order chi connectivity index (χ1) is 16.3. The van der Waals surface area contributed by atoms with Crippen LogP contribution in [-0.2, 0) is 36.6 Å². The highest BCUT2D eigenvalue weighted by Crippen LogP contribution is 2.44. The van der Waals surface area contributed by atoms with E-state index >= 15 is 0 Å². The Morgan fingerprint density at radius 1 is 0.818 bits per heavy atom. The average Bonchev–Trinajstić information content (AvgIpc) is 2.85. The van der Waals surface area contributed by atoms with Gasteiger partial charge in [-0.25, -0.2) is 4.79 Å². The molecule has 0 atom stereocenters. The van der Waals surface area contributed by atoms with Crippen molar-refractivity contribution in [3.05, 3.63) is 48.0 Å². The number of carbonyl (C=O) groups excluding carboxylic acids is 1. The Bertz CT molecular complexity index is 909. The number of benzene rings is 2. The molecule has 0 heterocycles. The monoisotopic (exact) mass is 458 g/mol. The van der Waals surface area contributed by atoms with Crippen LogP contribution in [0.1, 0.15) is 24.0 Å². The first-order valence-electron chi connectivity index (χ1n) is 11.5. The first kappa shape index (κ1) is 25.0. The van der Waals surface area contributed by atoms with Crippen molar-refractivity contribution in [3.63, 3.8) is 0 Å². The standard InChI is InChI=1S/C26H34O7/c1-3-24(27)31-18-15-29-13-14-30-16-19-33-26-22-10-6-4-8-20(22)25(32-17-12-28-2)21-9-5-7-11-23(21)26/h3-4,6,8,10H,1,5,7,9,11-19H2,2H3. The average molecular weight is 459 g/mol. The molecule has 0 bridgehead atoms. The second-order valence-corrected chi connectivity index (χ2v) is 7.65. The third kappa shape index (κ3) is 7.19. The van der Waals surface area contributed by atoms with Crippen molar-refractivity contribution in [2.75, 3.05) is 60.0 Å². The summed E-state index contributed by atoms with van der Waals surface area (Å²) in [4.78, 5) is 10.9. The van der Waals surface area contributed by atoms with Gasteiger partial charge < -0.3 is 28.4 Å². The molecule has 1 aliphatic carbocycles. The second-order valence-electron chi connectivity index (χ2n) is 7.65. The number of fused-ring (bicyclic) bond motifs is 2. The predicted molar refractivity (Wildman–Crippen MR) is 126 cm³/mol. The molecule has 7 nitrogen and oxygen atoms in total. The van der Waals surface area contributed by atoms with Gasteiger partial charge in [0.15, 0.2) is 0 Å². The van der Waals surface area contributed by atoms with Crippen LogP contribution in [0.4, 0.5) is 0 Å². The third-order valence-corrected chi connectivity index (χ3v) is 5.45. The number of hydrogen-bond acceptors (Lipinski definition) is 7. The lowest BCUT2D eigenvalue weighted by atomic mass is 9.87. The quantitative estimate of drug-likeness (QED) is 0.228. The molecule has 0 N–H and O–H groups in total. The van der Waals surface area contributed by atoms with Crippen LogP contribution in [0.5, 0.6) is 11.5 Å². The van der Waals surface area contributed by atoms with Gasteiger partial charge in [-0.05, 0) is 25.7 Å². The molecular weight excluding hydrogens is 424 g/mol. The van der Waals surface area contributed by atoms with Crippen molar-refractivity contribution >= 4 is 16.7 Å². The maximum Gasteiger partial charge on any atom is 0.330 e. The van der Waals surface area contributed by atoms with Crippen molar-refractivity contribution in [2.24, 2.45) is 0 Å². The Hall–Kier alpha value is -2.61. The highest BCUT2D eigenvalue weighted by molar-refractivity contribution is 5.96. The van der Waals surface area contributed by atoms with E-state index in [1.54, 1.807) is 7.11 Å². The molecule has 0 radical (unpaired) electrons. The van der Waals surface area contributed by atoms with Crippen LogP contribution in [0.15, 0.2) is 36.9 Å². The van der Waals surface area contributed by atoms with Gasteiger partial charge in [-0.15, -0.1) is 0 Å². The summed E-state index contributed by atoms with van der Waals surface area (Å²) >= 11 is 0. The summed E-state index contributed by atoms with van der Waals surface area (Å²) in [5, 5.41) is 2.15. The van der Waals surface area contributed by atoms with Crippen LogP contribution >= 0.6 is 0 Å². The molecule has 2 aromatic carbocycles. The molecule has 3 rings (SSSR count). The van der Waals surface area contributed by atoms with E-state index in [4.69, 9.17) is 28.4 Å². The van der Waals surface area contributed by atoms with Crippen molar-refractivity contribution in [1.29, 1.82) is 0 Å². The van der Waals surface area contributed by atoms with Gasteiger partial charge in [0.05, 0.1) is 33.0 Å². The lowest BCUT2D eigenvalue weighted by Gasteiger charge is -2.25. The minimum atomic E-state index is -0.448. The van der Waals surface area contributed by atoms with Crippen LogP contribution in [-0.4, -0.2) is 65.9 Å². The summed E-state index contributed by atoms with van der Waals surface area (Å²) < 4.78 is 33.5. The molecule has 0 amide bonds. The van der Waals surface area contributed by atoms with E-state index < -0.39 is 5.97 Å². The molecule has 7 heteroatoms. The summed E-state index contributed by atoms with van der Waals surface area (Å²) in [5.41, 5.74) is 2.52. The van der Waals surface area contributed by atoms with Gasteiger partial charge >= 0.3 is 5.97 Å². The predicted octanol–water partition coefficient (Wildman–Crippen LogP) is 3.89. The van der Waals surface area contributed by atoms with Crippen LogP contribution in [0.3, 0.4) is 0 Å². The van der Waals surface area contributed by atoms with E-state index in [-0.39, 0.29) is 6.61 Å². The molecule has 0 fully saturated rings. The third-order valence-electron chi connectivity index (χ3n) is 5.45. The SMILES string of the molecule is C=CC(=O)OCCOCCOCCOc1c2c(c(OCCOC)c3ccccc13)CCCC2. The molecule has 0 unspecified atom stereocenters. The molecule has 33 heavy (non-hydrogen) atoms. The summed E-state index contributed by atoms with van der Waals surface area (Å²) in [6.45, 7) is 6.76.